The summed E-state index contributed by atoms with van der Waals surface area (Å²) in [7, 11) is 3.80. The van der Waals surface area contributed by atoms with Gasteiger partial charge in [-0.2, -0.15) is 0 Å². The third-order valence-electron chi connectivity index (χ3n) is 5.34. The number of nitrogens with zero attached hydrogens (tertiary/aromatic N) is 3. The highest BCUT2D eigenvalue weighted by Crippen LogP contribution is 2.41. The molecule has 148 valence electrons. The van der Waals surface area contributed by atoms with E-state index in [0.29, 0.717) is 24.4 Å². The largest absolute Gasteiger partial charge is 0.331 e. The Morgan fingerprint density at radius 1 is 1.29 bits per heavy atom. The van der Waals surface area contributed by atoms with Crippen LogP contribution < -0.4 is 10.3 Å². The molecule has 0 saturated heterocycles. The van der Waals surface area contributed by atoms with Gasteiger partial charge in [0.2, 0.25) is 11.3 Å². The molecule has 2 heterocycles. The fourth-order valence-electron chi connectivity index (χ4n) is 3.74. The van der Waals surface area contributed by atoms with Gasteiger partial charge in [-0.25, -0.2) is 13.9 Å². The Hall–Kier alpha value is -2.29. The SMILES string of the molecule is Cc1cc(-c2cc(CCNS(=O)O)cc3c2nc(C2CC2)n3C)cn(C)c1=O. The molecule has 7 nitrogen and oxygen atoms in total. The Labute approximate surface area is 165 Å². The van der Waals surface area contributed by atoms with Crippen LogP contribution in [-0.4, -0.2) is 29.4 Å². The van der Waals surface area contributed by atoms with Gasteiger partial charge < -0.3 is 9.13 Å². The van der Waals surface area contributed by atoms with Gasteiger partial charge in [-0.3, -0.25) is 9.35 Å². The van der Waals surface area contributed by atoms with Crippen LogP contribution >= 0.6 is 0 Å². The van der Waals surface area contributed by atoms with Crippen LogP contribution in [0.25, 0.3) is 22.2 Å². The highest BCUT2D eigenvalue weighted by Gasteiger charge is 2.29. The van der Waals surface area contributed by atoms with Gasteiger partial charge in [-0.05, 0) is 49.9 Å². The van der Waals surface area contributed by atoms with Crippen LogP contribution in [0.3, 0.4) is 0 Å². The number of nitrogens with one attached hydrogen (secondary N) is 1. The summed E-state index contributed by atoms with van der Waals surface area (Å²) in [4.78, 5) is 17.1. The predicted molar refractivity (Wildman–Crippen MR) is 111 cm³/mol. The lowest BCUT2D eigenvalue weighted by Crippen LogP contribution is -2.19. The summed E-state index contributed by atoms with van der Waals surface area (Å²) < 4.78 is 26.1. The normalized spacial score (nSPS) is 15.3. The molecular formula is C20H24N4O3S. The molecule has 3 aromatic rings. The minimum atomic E-state index is -2.02. The van der Waals surface area contributed by atoms with Crippen LogP contribution in [0.2, 0.25) is 0 Å². The third-order valence-corrected chi connectivity index (χ3v) is 5.79. The average Bonchev–Trinajstić information content (AvgIpc) is 3.43. The zero-order chi connectivity index (χ0) is 20.0. The Kier molecular flexibility index (Phi) is 4.95. The van der Waals surface area contributed by atoms with E-state index < -0.39 is 11.3 Å². The second-order valence-corrected chi connectivity index (χ2v) is 8.32. The average molecular weight is 401 g/mol. The standard InChI is InChI=1S/C20H24N4O3S/c1-12-8-15(11-23(2)20(12)25)16-9-13(6-7-21-28(26)27)10-17-18(16)22-19(24(17)3)14-4-5-14/h8-11,14,21H,4-7H2,1-3H3,(H,26,27). The van der Waals surface area contributed by atoms with Crippen molar-refractivity contribution in [3.05, 3.63) is 51.7 Å². The van der Waals surface area contributed by atoms with Crippen molar-refractivity contribution in [1.82, 2.24) is 18.8 Å². The molecule has 1 saturated carbocycles. The summed E-state index contributed by atoms with van der Waals surface area (Å²) in [5, 5.41) is 0. The van der Waals surface area contributed by atoms with E-state index in [0.717, 1.165) is 33.5 Å². The first-order valence-electron chi connectivity index (χ1n) is 9.36. The maximum Gasteiger partial charge on any atom is 0.253 e. The summed E-state index contributed by atoms with van der Waals surface area (Å²) in [5.41, 5.74) is 5.65. The fraction of sp³-hybridized carbons (Fsp3) is 0.400. The maximum atomic E-state index is 12.1. The van der Waals surface area contributed by atoms with E-state index in [4.69, 9.17) is 9.54 Å². The molecule has 2 aromatic heterocycles. The molecule has 1 aliphatic rings. The van der Waals surface area contributed by atoms with Crippen LogP contribution in [0.4, 0.5) is 0 Å². The molecule has 28 heavy (non-hydrogen) atoms. The Bertz CT molecular complexity index is 1120. The highest BCUT2D eigenvalue weighted by atomic mass is 32.2. The molecule has 1 fully saturated rings. The maximum absolute atomic E-state index is 12.1. The van der Waals surface area contributed by atoms with Crippen LogP contribution in [0.1, 0.15) is 35.7 Å². The number of benzene rings is 1. The number of hydrogen-bond donors (Lipinski definition) is 2. The highest BCUT2D eigenvalue weighted by molar-refractivity contribution is 7.77. The minimum Gasteiger partial charge on any atom is -0.331 e. The molecule has 1 aliphatic carbocycles. The summed E-state index contributed by atoms with van der Waals surface area (Å²) >= 11 is -2.02. The van der Waals surface area contributed by atoms with Crippen molar-refractivity contribution in [3.63, 3.8) is 0 Å². The molecule has 8 heteroatoms. The van der Waals surface area contributed by atoms with Crippen molar-refractivity contribution < 1.29 is 8.76 Å². The quantitative estimate of drug-likeness (QED) is 0.622. The number of imidazole rings is 1. The number of fused-ring (bicyclic) bond motifs is 1. The molecule has 1 unspecified atom stereocenters. The summed E-state index contributed by atoms with van der Waals surface area (Å²) in [6, 6.07) is 6.09. The second kappa shape index (κ2) is 7.27. The number of rotatable bonds is 6. The fourth-order valence-corrected chi connectivity index (χ4v) is 4.02. The Morgan fingerprint density at radius 3 is 2.68 bits per heavy atom. The minimum absolute atomic E-state index is 0.00883. The van der Waals surface area contributed by atoms with E-state index >= 15 is 0 Å². The first kappa shape index (κ1) is 19.0. The van der Waals surface area contributed by atoms with Crippen molar-refractivity contribution in [2.24, 2.45) is 14.1 Å². The molecular weight excluding hydrogens is 376 g/mol. The zero-order valence-electron chi connectivity index (χ0n) is 16.2. The molecule has 1 atom stereocenters. The van der Waals surface area contributed by atoms with E-state index in [9.17, 15) is 9.00 Å². The summed E-state index contributed by atoms with van der Waals surface area (Å²) in [5.74, 6) is 1.62. The van der Waals surface area contributed by atoms with Crippen molar-refractivity contribution >= 4 is 22.3 Å². The van der Waals surface area contributed by atoms with E-state index in [1.54, 1.807) is 11.6 Å². The monoisotopic (exact) mass is 400 g/mol. The number of aromatic nitrogens is 3. The summed E-state index contributed by atoms with van der Waals surface area (Å²) in [6.07, 6.45) is 4.80. The van der Waals surface area contributed by atoms with Crippen molar-refractivity contribution in [3.8, 4) is 11.1 Å². The van der Waals surface area contributed by atoms with Gasteiger partial charge in [0, 0.05) is 49.4 Å². The van der Waals surface area contributed by atoms with E-state index in [1.165, 1.54) is 12.8 Å². The first-order valence-corrected chi connectivity index (χ1v) is 10.5. The number of aryl methyl sites for hydroxylation is 3. The predicted octanol–water partition coefficient (Wildman–Crippen LogP) is 2.39. The number of pyridine rings is 1. The third kappa shape index (κ3) is 3.55. The van der Waals surface area contributed by atoms with Crippen LogP contribution in [0, 0.1) is 6.92 Å². The lowest BCUT2D eigenvalue weighted by Gasteiger charge is -2.10. The lowest BCUT2D eigenvalue weighted by molar-refractivity contribution is 0.549. The van der Waals surface area contributed by atoms with E-state index in [2.05, 4.69) is 21.4 Å². The van der Waals surface area contributed by atoms with Gasteiger partial charge >= 0.3 is 0 Å². The molecule has 0 spiro atoms. The second-order valence-electron chi connectivity index (χ2n) is 7.54. The van der Waals surface area contributed by atoms with Gasteiger partial charge in [0.15, 0.2) is 0 Å². The molecule has 4 rings (SSSR count). The van der Waals surface area contributed by atoms with Crippen molar-refractivity contribution in [2.75, 3.05) is 6.54 Å². The van der Waals surface area contributed by atoms with Gasteiger partial charge in [-0.15, -0.1) is 0 Å². The van der Waals surface area contributed by atoms with E-state index in [1.807, 2.05) is 26.2 Å². The Morgan fingerprint density at radius 2 is 2.04 bits per heavy atom. The van der Waals surface area contributed by atoms with Gasteiger partial charge in [0.05, 0.1) is 11.0 Å². The molecule has 2 N–H and O–H groups in total. The van der Waals surface area contributed by atoms with E-state index in [-0.39, 0.29) is 5.56 Å². The molecule has 0 amide bonds. The van der Waals surface area contributed by atoms with Gasteiger partial charge in [-0.1, -0.05) is 0 Å². The van der Waals surface area contributed by atoms with Crippen molar-refractivity contribution in [2.45, 2.75) is 32.1 Å². The smallest absolute Gasteiger partial charge is 0.253 e. The zero-order valence-corrected chi connectivity index (χ0v) is 17.0. The molecule has 1 aromatic carbocycles. The molecule has 0 aliphatic heterocycles. The molecule has 0 bridgehead atoms. The van der Waals surface area contributed by atoms with Gasteiger partial charge in [0.25, 0.3) is 5.56 Å². The molecule has 0 radical (unpaired) electrons. The first-order chi connectivity index (χ1) is 13.3. The van der Waals surface area contributed by atoms with Crippen molar-refractivity contribution in [1.29, 1.82) is 0 Å². The lowest BCUT2D eigenvalue weighted by atomic mass is 10.00. The Balaban J connectivity index is 1.88. The topological polar surface area (TPSA) is 89.2 Å². The van der Waals surface area contributed by atoms with Crippen LogP contribution in [0.5, 0.6) is 0 Å². The van der Waals surface area contributed by atoms with Crippen LogP contribution in [0.15, 0.2) is 29.2 Å². The number of hydrogen-bond acceptors (Lipinski definition) is 3. The van der Waals surface area contributed by atoms with Gasteiger partial charge in [0.1, 0.15) is 5.82 Å². The van der Waals surface area contributed by atoms with Crippen LogP contribution in [-0.2, 0) is 31.8 Å². The summed E-state index contributed by atoms with van der Waals surface area (Å²) in [6.45, 7) is 2.22.